The molecule has 2 aliphatic carbocycles. The Hall–Kier alpha value is -0.990. The summed E-state index contributed by atoms with van der Waals surface area (Å²) >= 11 is -6.06. The Labute approximate surface area is 197 Å². The van der Waals surface area contributed by atoms with Gasteiger partial charge in [0.2, 0.25) is 0 Å². The fourth-order valence-corrected chi connectivity index (χ4v) is 46.7. The fourth-order valence-electron chi connectivity index (χ4n) is 5.58. The SMILES string of the molecule is CC1=Cc2ccccc2[CH]1[Zr]([Cl])([O]S(=O)(=O)C(F)(F)F)([CH]1C(C)=Cc2ccccc21)=[Si](C)C. The molecule has 2 atom stereocenters. The van der Waals surface area contributed by atoms with E-state index in [-0.39, 0.29) is 0 Å². The van der Waals surface area contributed by atoms with E-state index in [0.717, 1.165) is 33.4 Å². The van der Waals surface area contributed by atoms with Crippen molar-refractivity contribution in [1.29, 1.82) is 0 Å². The molecule has 0 aromatic heterocycles. The summed E-state index contributed by atoms with van der Waals surface area (Å²) in [5, 5.41) is 0. The molecule has 4 rings (SSSR count). The third-order valence-electron chi connectivity index (χ3n) is 6.90. The van der Waals surface area contributed by atoms with Gasteiger partial charge in [0, 0.05) is 0 Å². The number of fused-ring (bicyclic) bond motifs is 2. The first kappa shape index (κ1) is 25.1. The van der Waals surface area contributed by atoms with Crippen molar-refractivity contribution in [3.8, 4) is 0 Å². The van der Waals surface area contributed by atoms with E-state index in [9.17, 15) is 21.6 Å². The minimum atomic E-state index is -6.06. The second-order valence-corrected chi connectivity index (χ2v) is 42.5. The van der Waals surface area contributed by atoms with E-state index in [1.165, 1.54) is 0 Å². The van der Waals surface area contributed by atoms with Crippen molar-refractivity contribution >= 4 is 36.2 Å². The Morgan fingerprint density at radius 1 is 0.879 bits per heavy atom. The van der Waals surface area contributed by atoms with E-state index in [1.54, 1.807) is 25.2 Å². The van der Waals surface area contributed by atoms with Gasteiger partial charge < -0.3 is 0 Å². The molecule has 176 valence electrons. The molecule has 0 bridgehead atoms. The zero-order valence-corrected chi connectivity index (χ0v) is 23.6. The molecule has 0 aliphatic heterocycles. The van der Waals surface area contributed by atoms with Crippen LogP contribution in [0.2, 0.25) is 13.1 Å². The van der Waals surface area contributed by atoms with Crippen LogP contribution in [-0.4, -0.2) is 19.4 Å². The first-order valence-corrected chi connectivity index (χ1v) is 25.1. The summed E-state index contributed by atoms with van der Waals surface area (Å²) in [6.45, 7) is 7.23. The molecule has 2 aromatic carbocycles. The average molecular weight is 592 g/mol. The van der Waals surface area contributed by atoms with Crippen LogP contribution in [0.1, 0.15) is 43.4 Å². The van der Waals surface area contributed by atoms with Gasteiger partial charge in [0.15, 0.2) is 0 Å². The van der Waals surface area contributed by atoms with Crippen LogP contribution in [0.15, 0.2) is 59.7 Å². The number of hydrogen-bond donors (Lipinski definition) is 0. The number of allylic oxidation sites excluding steroid dienone is 2. The topological polar surface area (TPSA) is 43.4 Å². The summed E-state index contributed by atoms with van der Waals surface area (Å²) in [6.07, 6.45) is 3.79. The van der Waals surface area contributed by atoms with Gasteiger partial charge in [-0.15, -0.1) is 0 Å². The molecule has 0 amide bonds. The normalized spacial score (nSPS) is 20.8. The van der Waals surface area contributed by atoms with Gasteiger partial charge in [0.05, 0.1) is 0 Å². The van der Waals surface area contributed by atoms with Crippen LogP contribution in [0.3, 0.4) is 0 Å². The summed E-state index contributed by atoms with van der Waals surface area (Å²) in [5.74, 6) is 0. The number of alkyl halides is 3. The standard InChI is InChI=1S/2C10H9.C2H6Si.CHF3O3S.ClH.Zr/c2*1-8-6-9-4-2-3-5-10(9)7-8;1-3-2;2-1(3,4)8(5,6)7;;/h2*2-7H,1H3;1-2H3;(H,5,6,7);1H;/q;;;;;+2/p-2. The van der Waals surface area contributed by atoms with E-state index in [1.807, 2.05) is 62.4 Å². The van der Waals surface area contributed by atoms with Crippen LogP contribution in [0, 0.1) is 0 Å². The van der Waals surface area contributed by atoms with Crippen LogP contribution in [0.4, 0.5) is 13.2 Å². The van der Waals surface area contributed by atoms with E-state index in [2.05, 4.69) is 0 Å². The first-order chi connectivity index (χ1) is 15.2. The second kappa shape index (κ2) is 8.02. The van der Waals surface area contributed by atoms with E-state index in [4.69, 9.17) is 10.8 Å². The van der Waals surface area contributed by atoms with Crippen LogP contribution >= 0.6 is 8.51 Å². The Morgan fingerprint density at radius 3 is 1.64 bits per heavy atom. The molecule has 0 fully saturated rings. The molecule has 3 nitrogen and oxygen atoms in total. The van der Waals surface area contributed by atoms with Crippen molar-refractivity contribution in [3.05, 3.63) is 81.9 Å². The molecular formula is C23H24ClF3O3SSiZr. The first-order valence-electron chi connectivity index (χ1n) is 10.5. The van der Waals surface area contributed by atoms with Crippen LogP contribution in [-0.2, 0) is 29.0 Å². The Balaban J connectivity index is 2.16. The van der Waals surface area contributed by atoms with Crippen molar-refractivity contribution in [2.24, 2.45) is 0 Å². The molecule has 0 spiro atoms. The van der Waals surface area contributed by atoms with Crippen molar-refractivity contribution in [2.45, 2.75) is 39.7 Å². The molecule has 10 heteroatoms. The van der Waals surface area contributed by atoms with E-state index in [0.29, 0.717) is 0 Å². The van der Waals surface area contributed by atoms with Gasteiger partial charge >= 0.3 is 198 Å². The van der Waals surface area contributed by atoms with Crippen LogP contribution < -0.4 is 0 Å². The van der Waals surface area contributed by atoms with E-state index < -0.39 is 45.0 Å². The second-order valence-electron chi connectivity index (χ2n) is 9.07. The van der Waals surface area contributed by atoms with Gasteiger partial charge in [-0.2, -0.15) is 0 Å². The van der Waals surface area contributed by atoms with Crippen molar-refractivity contribution in [2.75, 3.05) is 0 Å². The third-order valence-corrected chi connectivity index (χ3v) is 52.8. The molecular weight excluding hydrogens is 568 g/mol. The summed E-state index contributed by atoms with van der Waals surface area (Å²) in [7, 11) is 1.80. The van der Waals surface area contributed by atoms with Gasteiger partial charge in [-0.1, -0.05) is 0 Å². The predicted octanol–water partition coefficient (Wildman–Crippen LogP) is 7.18. The third kappa shape index (κ3) is 3.61. The summed E-state index contributed by atoms with van der Waals surface area (Å²) in [4.78, 5) is 0. The minimum absolute atomic E-state index is 0.704. The average Bonchev–Trinajstić information content (AvgIpc) is 3.22. The van der Waals surface area contributed by atoms with Gasteiger partial charge in [0.1, 0.15) is 0 Å². The summed E-state index contributed by atoms with van der Waals surface area (Å²) < 4.78 is 71.1. The fraction of sp³-hybridized carbons (Fsp3) is 0.304. The monoisotopic (exact) mass is 590 g/mol. The van der Waals surface area contributed by atoms with Gasteiger partial charge in [-0.25, -0.2) is 0 Å². The number of rotatable bonds is 4. The van der Waals surface area contributed by atoms with Gasteiger partial charge in [-0.3, -0.25) is 0 Å². The van der Waals surface area contributed by atoms with Crippen LogP contribution in [0.5, 0.6) is 0 Å². The zero-order valence-electron chi connectivity index (χ0n) is 18.6. The van der Waals surface area contributed by atoms with Crippen molar-refractivity contribution < 1.29 is 40.5 Å². The van der Waals surface area contributed by atoms with E-state index >= 15 is 0 Å². The van der Waals surface area contributed by atoms with Crippen molar-refractivity contribution in [1.82, 2.24) is 0 Å². The maximum absolute atomic E-state index is 13.8. The number of benzene rings is 2. The number of halogens is 4. The molecule has 0 heterocycles. The van der Waals surface area contributed by atoms with Crippen LogP contribution in [0.25, 0.3) is 12.2 Å². The molecule has 2 aromatic rings. The molecule has 33 heavy (non-hydrogen) atoms. The molecule has 0 N–H and O–H groups in total. The van der Waals surface area contributed by atoms with Crippen molar-refractivity contribution in [3.63, 3.8) is 0 Å². The zero-order chi connectivity index (χ0) is 24.4. The number of hydrogen-bond acceptors (Lipinski definition) is 3. The molecule has 2 unspecified atom stereocenters. The van der Waals surface area contributed by atoms with Gasteiger partial charge in [0.25, 0.3) is 0 Å². The Bertz CT molecular complexity index is 1330. The summed E-state index contributed by atoms with van der Waals surface area (Å²) in [6, 6.07) is 14.7. The predicted molar refractivity (Wildman–Crippen MR) is 125 cm³/mol. The molecule has 0 saturated heterocycles. The molecule has 0 saturated carbocycles. The molecule has 2 aliphatic rings. The summed E-state index contributed by atoms with van der Waals surface area (Å²) in [5.41, 5.74) is -2.85. The van der Waals surface area contributed by atoms with Gasteiger partial charge in [-0.05, 0) is 0 Å². The molecule has 0 radical (unpaired) electrons. The maximum atomic E-state index is 13.8. The Morgan fingerprint density at radius 2 is 1.27 bits per heavy atom. The quantitative estimate of drug-likeness (QED) is 0.279. The Kier molecular flexibility index (Phi) is 6.10.